The number of hydrogen-bond acceptors (Lipinski definition) is 6. The van der Waals surface area contributed by atoms with Crippen molar-refractivity contribution in [3.05, 3.63) is 65.0 Å². The number of amides is 2. The molecule has 2 heterocycles. The van der Waals surface area contributed by atoms with Crippen LogP contribution < -0.4 is 16.4 Å². The van der Waals surface area contributed by atoms with Gasteiger partial charge in [-0.1, -0.05) is 18.2 Å². The molecule has 0 fully saturated rings. The number of non-ortho nitro benzene ring substituents is 1. The Balaban J connectivity index is 1.30. The lowest BCUT2D eigenvalue weighted by Gasteiger charge is -2.09. The number of nitrogens with one attached hydrogen (secondary N) is 2. The van der Waals surface area contributed by atoms with Crippen molar-refractivity contribution in [3.8, 4) is 0 Å². The minimum absolute atomic E-state index is 0.0247. The standard InChI is InChI=1S/C21H21N7O3/c22-20-18-19(16-5-1-2-6-17(16)26-20)27(13-24-18)12-4-3-11-23-21(29)25-14-7-9-15(10-8-14)28(30)31/h1-2,5-10,13H,3-4,11-12H2,(H2,22,26)(H2,23,25,29). The largest absolute Gasteiger partial charge is 0.382 e. The van der Waals surface area contributed by atoms with Crippen LogP contribution in [0, 0.1) is 10.1 Å². The monoisotopic (exact) mass is 419 g/mol. The first-order chi connectivity index (χ1) is 15.0. The summed E-state index contributed by atoms with van der Waals surface area (Å²) in [5.74, 6) is 0.414. The highest BCUT2D eigenvalue weighted by molar-refractivity contribution is 6.06. The van der Waals surface area contributed by atoms with Crippen LogP contribution in [0.3, 0.4) is 0 Å². The first-order valence-electron chi connectivity index (χ1n) is 9.81. The molecule has 0 aliphatic rings. The number of anilines is 2. The molecule has 0 saturated heterocycles. The Labute approximate surface area is 177 Å². The number of imidazole rings is 1. The molecule has 2 aromatic heterocycles. The lowest BCUT2D eigenvalue weighted by molar-refractivity contribution is -0.384. The summed E-state index contributed by atoms with van der Waals surface area (Å²) in [5.41, 5.74) is 9.01. The highest BCUT2D eigenvalue weighted by Crippen LogP contribution is 2.27. The molecule has 2 amide bonds. The van der Waals surface area contributed by atoms with E-state index in [1.54, 1.807) is 6.33 Å². The van der Waals surface area contributed by atoms with Gasteiger partial charge in [0.05, 0.1) is 22.3 Å². The molecule has 158 valence electrons. The molecule has 0 atom stereocenters. The molecule has 2 aromatic carbocycles. The lowest BCUT2D eigenvalue weighted by Crippen LogP contribution is -2.29. The Morgan fingerprint density at radius 1 is 1.13 bits per heavy atom. The Morgan fingerprint density at radius 3 is 2.68 bits per heavy atom. The number of rotatable bonds is 7. The Morgan fingerprint density at radius 2 is 1.90 bits per heavy atom. The number of para-hydroxylation sites is 1. The molecule has 0 aliphatic heterocycles. The summed E-state index contributed by atoms with van der Waals surface area (Å²) in [6.45, 7) is 1.23. The number of nitrogens with zero attached hydrogens (tertiary/aromatic N) is 4. The number of carbonyl (C=O) groups excluding carboxylic acids is 1. The molecule has 31 heavy (non-hydrogen) atoms. The van der Waals surface area contributed by atoms with E-state index in [1.165, 1.54) is 24.3 Å². The van der Waals surface area contributed by atoms with E-state index in [-0.39, 0.29) is 11.7 Å². The van der Waals surface area contributed by atoms with Crippen molar-refractivity contribution in [1.82, 2.24) is 19.9 Å². The van der Waals surface area contributed by atoms with Gasteiger partial charge < -0.3 is 20.9 Å². The van der Waals surface area contributed by atoms with Crippen LogP contribution in [0.5, 0.6) is 0 Å². The van der Waals surface area contributed by atoms with E-state index in [0.29, 0.717) is 23.6 Å². The molecule has 0 saturated carbocycles. The molecule has 10 heteroatoms. The van der Waals surface area contributed by atoms with Crippen LogP contribution in [0.2, 0.25) is 0 Å². The van der Waals surface area contributed by atoms with Crippen molar-refractivity contribution >= 4 is 45.2 Å². The van der Waals surface area contributed by atoms with Gasteiger partial charge in [-0.3, -0.25) is 10.1 Å². The third kappa shape index (κ3) is 4.37. The molecule has 0 radical (unpaired) electrons. The zero-order chi connectivity index (χ0) is 21.8. The average Bonchev–Trinajstić information content (AvgIpc) is 3.19. The van der Waals surface area contributed by atoms with Crippen LogP contribution in [0.4, 0.5) is 22.0 Å². The topological polar surface area (TPSA) is 141 Å². The van der Waals surface area contributed by atoms with Gasteiger partial charge in [0.15, 0.2) is 5.82 Å². The smallest absolute Gasteiger partial charge is 0.319 e. The van der Waals surface area contributed by atoms with E-state index in [9.17, 15) is 14.9 Å². The van der Waals surface area contributed by atoms with Gasteiger partial charge in [0.25, 0.3) is 5.69 Å². The molecule has 4 aromatic rings. The van der Waals surface area contributed by atoms with Gasteiger partial charge in [0, 0.05) is 36.3 Å². The van der Waals surface area contributed by atoms with Crippen LogP contribution in [0.25, 0.3) is 21.9 Å². The molecular formula is C21H21N7O3. The Kier molecular flexibility index (Phi) is 5.61. The Hall–Kier alpha value is -4.21. The fraction of sp³-hybridized carbons (Fsp3) is 0.190. The predicted octanol–water partition coefficient (Wildman–Crippen LogP) is 3.68. The third-order valence-electron chi connectivity index (χ3n) is 4.93. The van der Waals surface area contributed by atoms with E-state index in [0.717, 1.165) is 35.8 Å². The van der Waals surface area contributed by atoms with Gasteiger partial charge in [-0.2, -0.15) is 0 Å². The number of nitrogens with two attached hydrogens (primary N) is 1. The first kappa shape index (κ1) is 20.1. The number of fused-ring (bicyclic) bond motifs is 3. The van der Waals surface area contributed by atoms with Crippen LogP contribution in [0.1, 0.15) is 12.8 Å². The number of benzene rings is 2. The molecule has 0 bridgehead atoms. The van der Waals surface area contributed by atoms with Crippen molar-refractivity contribution < 1.29 is 9.72 Å². The second kappa shape index (κ2) is 8.66. The summed E-state index contributed by atoms with van der Waals surface area (Å²) in [6.07, 6.45) is 3.37. The number of pyridine rings is 1. The molecule has 0 aliphatic carbocycles. The van der Waals surface area contributed by atoms with Gasteiger partial charge in [-0.15, -0.1) is 0 Å². The number of carbonyl (C=O) groups is 1. The second-order valence-corrected chi connectivity index (χ2v) is 7.04. The molecule has 4 N–H and O–H groups in total. The molecular weight excluding hydrogens is 398 g/mol. The maximum absolute atomic E-state index is 12.0. The maximum atomic E-state index is 12.0. The third-order valence-corrected chi connectivity index (χ3v) is 4.93. The summed E-state index contributed by atoms with van der Waals surface area (Å²) in [7, 11) is 0. The highest BCUT2D eigenvalue weighted by Gasteiger charge is 2.12. The van der Waals surface area contributed by atoms with E-state index >= 15 is 0 Å². The molecule has 4 rings (SSSR count). The molecule has 0 spiro atoms. The number of nitro groups is 1. The van der Waals surface area contributed by atoms with Crippen molar-refractivity contribution in [3.63, 3.8) is 0 Å². The van der Waals surface area contributed by atoms with E-state index in [2.05, 4.69) is 25.2 Å². The van der Waals surface area contributed by atoms with Crippen molar-refractivity contribution in [2.75, 3.05) is 17.6 Å². The zero-order valence-electron chi connectivity index (χ0n) is 16.6. The summed E-state index contributed by atoms with van der Waals surface area (Å²) in [6, 6.07) is 13.1. The quantitative estimate of drug-likeness (QED) is 0.237. The van der Waals surface area contributed by atoms with Crippen LogP contribution >= 0.6 is 0 Å². The van der Waals surface area contributed by atoms with E-state index in [4.69, 9.17) is 5.73 Å². The fourth-order valence-corrected chi connectivity index (χ4v) is 3.43. The zero-order valence-corrected chi connectivity index (χ0v) is 16.6. The van der Waals surface area contributed by atoms with E-state index < -0.39 is 4.92 Å². The number of nitrogen functional groups attached to an aromatic ring is 1. The minimum atomic E-state index is -0.485. The summed E-state index contributed by atoms with van der Waals surface area (Å²) in [5, 5.41) is 17.1. The number of urea groups is 1. The number of hydrogen-bond donors (Lipinski definition) is 3. The summed E-state index contributed by atoms with van der Waals surface area (Å²) >= 11 is 0. The van der Waals surface area contributed by atoms with Gasteiger partial charge in [-0.25, -0.2) is 14.8 Å². The maximum Gasteiger partial charge on any atom is 0.319 e. The summed E-state index contributed by atoms with van der Waals surface area (Å²) < 4.78 is 2.06. The number of aryl methyl sites for hydroxylation is 1. The number of nitro benzene ring substituents is 1. The average molecular weight is 419 g/mol. The first-order valence-corrected chi connectivity index (χ1v) is 9.81. The predicted molar refractivity (Wildman–Crippen MR) is 119 cm³/mol. The SMILES string of the molecule is Nc1nc2ccccc2c2c1ncn2CCCCNC(=O)Nc1ccc([N+](=O)[O-])cc1. The highest BCUT2D eigenvalue weighted by atomic mass is 16.6. The van der Waals surface area contributed by atoms with Crippen LogP contribution in [-0.2, 0) is 6.54 Å². The molecule has 0 unspecified atom stereocenters. The Bertz CT molecular complexity index is 1250. The lowest BCUT2D eigenvalue weighted by atomic mass is 10.2. The van der Waals surface area contributed by atoms with Gasteiger partial charge in [-0.05, 0) is 31.0 Å². The van der Waals surface area contributed by atoms with Crippen molar-refractivity contribution in [2.45, 2.75) is 19.4 Å². The number of aromatic nitrogens is 3. The minimum Gasteiger partial charge on any atom is -0.382 e. The fourth-order valence-electron chi connectivity index (χ4n) is 3.43. The van der Waals surface area contributed by atoms with Gasteiger partial charge in [0.2, 0.25) is 0 Å². The normalized spacial score (nSPS) is 11.0. The summed E-state index contributed by atoms with van der Waals surface area (Å²) in [4.78, 5) is 31.0. The van der Waals surface area contributed by atoms with Crippen molar-refractivity contribution in [1.29, 1.82) is 0 Å². The molecule has 10 nitrogen and oxygen atoms in total. The van der Waals surface area contributed by atoms with Crippen LogP contribution in [0.15, 0.2) is 54.9 Å². The van der Waals surface area contributed by atoms with Gasteiger partial charge >= 0.3 is 6.03 Å². The second-order valence-electron chi connectivity index (χ2n) is 7.04. The van der Waals surface area contributed by atoms with Crippen molar-refractivity contribution in [2.24, 2.45) is 0 Å². The van der Waals surface area contributed by atoms with Gasteiger partial charge in [0.1, 0.15) is 5.52 Å². The van der Waals surface area contributed by atoms with Crippen LogP contribution in [-0.4, -0.2) is 32.0 Å². The number of unbranched alkanes of at least 4 members (excludes halogenated alkanes) is 1. The van der Waals surface area contributed by atoms with E-state index in [1.807, 2.05) is 24.3 Å².